The van der Waals surface area contributed by atoms with Crippen LogP contribution in [0.4, 0.5) is 11.6 Å². The number of nitrogens with two attached hydrogens (primary N) is 2. The standard InChI is InChI=1S/C11H16ClN5O/c12-9-10(14)15-6-16-11(9)17-3-1-7(2-4-17)5-8(13)18/h6-7H,1-5H2,(H2,13,18)(H2,14,15,16). The summed E-state index contributed by atoms with van der Waals surface area (Å²) in [7, 11) is 0. The Morgan fingerprint density at radius 1 is 1.44 bits per heavy atom. The molecule has 0 aliphatic carbocycles. The van der Waals surface area contributed by atoms with Crippen molar-refractivity contribution < 1.29 is 4.79 Å². The Hall–Kier alpha value is -1.56. The molecule has 7 heteroatoms. The molecule has 1 fully saturated rings. The number of hydrogen-bond acceptors (Lipinski definition) is 5. The van der Waals surface area contributed by atoms with Crippen LogP contribution in [0.2, 0.25) is 5.02 Å². The van der Waals surface area contributed by atoms with E-state index in [1.54, 1.807) is 0 Å². The van der Waals surface area contributed by atoms with Crippen LogP contribution in [-0.4, -0.2) is 29.0 Å². The van der Waals surface area contributed by atoms with E-state index in [4.69, 9.17) is 23.1 Å². The third-order valence-electron chi connectivity index (χ3n) is 3.20. The van der Waals surface area contributed by atoms with Crippen molar-refractivity contribution in [3.8, 4) is 0 Å². The van der Waals surface area contributed by atoms with Gasteiger partial charge in [0.05, 0.1) is 0 Å². The zero-order valence-corrected chi connectivity index (χ0v) is 10.7. The predicted octanol–water partition coefficient (Wildman–Crippen LogP) is 0.804. The summed E-state index contributed by atoms with van der Waals surface area (Å²) in [5, 5.41) is 0.394. The lowest BCUT2D eigenvalue weighted by Gasteiger charge is -2.32. The van der Waals surface area contributed by atoms with Gasteiger partial charge >= 0.3 is 0 Å². The number of anilines is 2. The van der Waals surface area contributed by atoms with Gasteiger partial charge in [-0.2, -0.15) is 0 Å². The van der Waals surface area contributed by atoms with Gasteiger partial charge in [-0.05, 0) is 18.8 Å². The van der Waals surface area contributed by atoms with Gasteiger partial charge in [0, 0.05) is 19.5 Å². The van der Waals surface area contributed by atoms with Crippen molar-refractivity contribution >= 4 is 29.1 Å². The molecule has 0 saturated carbocycles. The number of carbonyl (C=O) groups is 1. The van der Waals surface area contributed by atoms with Crippen LogP contribution in [0.3, 0.4) is 0 Å². The first-order valence-corrected chi connectivity index (χ1v) is 6.25. The fraction of sp³-hybridized carbons (Fsp3) is 0.545. The zero-order chi connectivity index (χ0) is 13.1. The molecule has 1 aliphatic heterocycles. The Labute approximate surface area is 110 Å². The third-order valence-corrected chi connectivity index (χ3v) is 3.56. The first-order valence-electron chi connectivity index (χ1n) is 5.87. The molecule has 98 valence electrons. The van der Waals surface area contributed by atoms with Gasteiger partial charge in [-0.25, -0.2) is 9.97 Å². The monoisotopic (exact) mass is 269 g/mol. The van der Waals surface area contributed by atoms with Gasteiger partial charge in [0.2, 0.25) is 5.91 Å². The van der Waals surface area contributed by atoms with Gasteiger partial charge in [-0.1, -0.05) is 11.6 Å². The van der Waals surface area contributed by atoms with E-state index in [1.165, 1.54) is 6.33 Å². The number of piperidine rings is 1. The molecular formula is C11H16ClN5O. The number of carbonyl (C=O) groups excluding carboxylic acids is 1. The van der Waals surface area contributed by atoms with Gasteiger partial charge in [0.25, 0.3) is 0 Å². The van der Waals surface area contributed by atoms with E-state index >= 15 is 0 Å². The van der Waals surface area contributed by atoms with E-state index in [2.05, 4.69) is 14.9 Å². The van der Waals surface area contributed by atoms with E-state index in [0.717, 1.165) is 25.9 Å². The topological polar surface area (TPSA) is 98.1 Å². The molecule has 18 heavy (non-hydrogen) atoms. The molecule has 1 aromatic rings. The van der Waals surface area contributed by atoms with Crippen molar-refractivity contribution in [1.82, 2.24) is 9.97 Å². The fourth-order valence-corrected chi connectivity index (χ4v) is 2.44. The highest BCUT2D eigenvalue weighted by Gasteiger charge is 2.23. The first-order chi connectivity index (χ1) is 8.58. The maximum atomic E-state index is 10.9. The van der Waals surface area contributed by atoms with Crippen LogP contribution in [0.25, 0.3) is 0 Å². The van der Waals surface area contributed by atoms with E-state index < -0.39 is 0 Å². The number of rotatable bonds is 3. The van der Waals surface area contributed by atoms with Crippen LogP contribution in [0.1, 0.15) is 19.3 Å². The second-order valence-corrected chi connectivity index (χ2v) is 4.88. The average molecular weight is 270 g/mol. The van der Waals surface area contributed by atoms with Crippen molar-refractivity contribution in [2.45, 2.75) is 19.3 Å². The molecule has 1 aromatic heterocycles. The summed E-state index contributed by atoms with van der Waals surface area (Å²) in [4.78, 5) is 20.9. The van der Waals surface area contributed by atoms with Crippen LogP contribution < -0.4 is 16.4 Å². The molecule has 1 saturated heterocycles. The maximum Gasteiger partial charge on any atom is 0.217 e. The highest BCUT2D eigenvalue weighted by Crippen LogP contribution is 2.30. The molecular weight excluding hydrogens is 254 g/mol. The number of aromatic nitrogens is 2. The molecule has 0 bridgehead atoms. The molecule has 2 rings (SSSR count). The molecule has 0 atom stereocenters. The van der Waals surface area contributed by atoms with Crippen molar-refractivity contribution in [2.24, 2.45) is 11.7 Å². The lowest BCUT2D eigenvalue weighted by Crippen LogP contribution is -2.35. The Balaban J connectivity index is 2.01. The van der Waals surface area contributed by atoms with Crippen molar-refractivity contribution in [3.05, 3.63) is 11.3 Å². The Bertz CT molecular complexity index is 445. The average Bonchev–Trinajstić information content (AvgIpc) is 2.33. The normalized spacial score (nSPS) is 16.8. The van der Waals surface area contributed by atoms with Crippen molar-refractivity contribution in [1.29, 1.82) is 0 Å². The van der Waals surface area contributed by atoms with Crippen LogP contribution >= 0.6 is 11.6 Å². The number of halogens is 1. The third kappa shape index (κ3) is 2.81. The minimum atomic E-state index is -0.238. The minimum absolute atomic E-state index is 0.238. The van der Waals surface area contributed by atoms with Gasteiger partial charge in [0.15, 0.2) is 5.82 Å². The lowest BCUT2D eigenvalue weighted by atomic mass is 9.93. The predicted molar refractivity (Wildman–Crippen MR) is 70.2 cm³/mol. The molecule has 4 N–H and O–H groups in total. The molecule has 0 aromatic carbocycles. The quantitative estimate of drug-likeness (QED) is 0.846. The minimum Gasteiger partial charge on any atom is -0.382 e. The van der Waals surface area contributed by atoms with Crippen LogP contribution in [0, 0.1) is 5.92 Å². The summed E-state index contributed by atoms with van der Waals surface area (Å²) in [5.41, 5.74) is 10.9. The number of hydrogen-bond donors (Lipinski definition) is 2. The molecule has 0 spiro atoms. The summed E-state index contributed by atoms with van der Waals surface area (Å²) in [6.07, 6.45) is 3.67. The molecule has 6 nitrogen and oxygen atoms in total. The molecule has 1 amide bonds. The highest BCUT2D eigenvalue weighted by atomic mass is 35.5. The summed E-state index contributed by atoms with van der Waals surface area (Å²) >= 11 is 6.08. The molecule has 0 unspecified atom stereocenters. The van der Waals surface area contributed by atoms with Gasteiger partial charge in [-0.3, -0.25) is 4.79 Å². The van der Waals surface area contributed by atoms with Gasteiger partial charge < -0.3 is 16.4 Å². The molecule has 1 aliphatic rings. The number of amides is 1. The fourth-order valence-electron chi connectivity index (χ4n) is 2.23. The molecule has 2 heterocycles. The van der Waals surface area contributed by atoms with Crippen LogP contribution in [0.15, 0.2) is 6.33 Å². The van der Waals surface area contributed by atoms with Crippen LogP contribution in [0.5, 0.6) is 0 Å². The van der Waals surface area contributed by atoms with E-state index in [-0.39, 0.29) is 5.91 Å². The van der Waals surface area contributed by atoms with Crippen molar-refractivity contribution in [3.63, 3.8) is 0 Å². The summed E-state index contributed by atoms with van der Waals surface area (Å²) < 4.78 is 0. The maximum absolute atomic E-state index is 10.9. The second-order valence-electron chi connectivity index (χ2n) is 4.50. The van der Waals surface area contributed by atoms with Crippen molar-refractivity contribution in [2.75, 3.05) is 23.7 Å². The first kappa shape index (κ1) is 12.9. The van der Waals surface area contributed by atoms with E-state index in [0.29, 0.717) is 29.0 Å². The van der Waals surface area contributed by atoms with E-state index in [9.17, 15) is 4.79 Å². The number of nitrogens with zero attached hydrogens (tertiary/aromatic N) is 3. The number of nitrogen functional groups attached to an aromatic ring is 1. The SMILES string of the molecule is NC(=O)CC1CCN(c2ncnc(N)c2Cl)CC1. The van der Waals surface area contributed by atoms with Gasteiger partial charge in [-0.15, -0.1) is 0 Å². The summed E-state index contributed by atoms with van der Waals surface area (Å²) in [5.74, 6) is 1.08. The van der Waals surface area contributed by atoms with Crippen LogP contribution in [-0.2, 0) is 4.79 Å². The van der Waals surface area contributed by atoms with E-state index in [1.807, 2.05) is 0 Å². The number of primary amides is 1. The Morgan fingerprint density at radius 2 is 2.11 bits per heavy atom. The lowest BCUT2D eigenvalue weighted by molar-refractivity contribution is -0.119. The Kier molecular flexibility index (Phi) is 3.86. The smallest absolute Gasteiger partial charge is 0.217 e. The largest absolute Gasteiger partial charge is 0.382 e. The zero-order valence-electron chi connectivity index (χ0n) is 9.97. The van der Waals surface area contributed by atoms with Gasteiger partial charge in [0.1, 0.15) is 17.2 Å². The molecule has 0 radical (unpaired) electrons. The Morgan fingerprint density at radius 3 is 2.72 bits per heavy atom. The highest BCUT2D eigenvalue weighted by molar-refractivity contribution is 6.35. The summed E-state index contributed by atoms with van der Waals surface area (Å²) in [6, 6.07) is 0. The summed E-state index contributed by atoms with van der Waals surface area (Å²) in [6.45, 7) is 1.60. The second kappa shape index (κ2) is 5.39.